The standard InChI is InChI=1S/C34H49N5O2/c1-33-17-15-25(41-32(40)30(36)10-6-7-19-35)20-24(33)11-12-26-27-13-14-29(34(27,2)18-16-28(26)33)31-22-39(38-37-31)21-23-8-4-3-5-9-23/h3-5,8-9,11,22,25-30H,6-7,10,12-21,35-36H2,1-2H3/t25-,26?,27?,28?,29+,30?,33-,34-/m0/s1. The summed E-state index contributed by atoms with van der Waals surface area (Å²) >= 11 is 0. The van der Waals surface area contributed by atoms with E-state index in [0.717, 1.165) is 56.9 Å². The topological polar surface area (TPSA) is 109 Å². The Labute approximate surface area is 245 Å². The fourth-order valence-electron chi connectivity index (χ4n) is 9.41. The summed E-state index contributed by atoms with van der Waals surface area (Å²) < 4.78 is 7.97. The molecule has 1 aromatic heterocycles. The molecule has 0 aliphatic heterocycles. The molecule has 4 aliphatic rings. The lowest BCUT2D eigenvalue weighted by Gasteiger charge is -2.58. The zero-order chi connectivity index (χ0) is 28.6. The van der Waals surface area contributed by atoms with Crippen molar-refractivity contribution in [2.24, 2.45) is 40.1 Å². The smallest absolute Gasteiger partial charge is 0.323 e. The zero-order valence-corrected chi connectivity index (χ0v) is 25.0. The van der Waals surface area contributed by atoms with Crippen molar-refractivity contribution in [3.8, 4) is 0 Å². The lowest BCUT2D eigenvalue weighted by molar-refractivity contribution is -0.153. The Morgan fingerprint density at radius 2 is 1.93 bits per heavy atom. The monoisotopic (exact) mass is 559 g/mol. The number of esters is 1. The number of ether oxygens (including phenoxy) is 1. The van der Waals surface area contributed by atoms with Gasteiger partial charge in [-0.25, -0.2) is 4.68 Å². The molecule has 222 valence electrons. The summed E-state index contributed by atoms with van der Waals surface area (Å²) in [7, 11) is 0. The Balaban J connectivity index is 1.11. The third kappa shape index (κ3) is 5.40. The minimum Gasteiger partial charge on any atom is -0.461 e. The van der Waals surface area contributed by atoms with Gasteiger partial charge in [0.2, 0.25) is 0 Å². The molecule has 0 radical (unpaired) electrons. The normalized spacial score (nSPS) is 35.1. The summed E-state index contributed by atoms with van der Waals surface area (Å²) in [5, 5.41) is 9.26. The second-order valence-electron chi connectivity index (χ2n) is 14.0. The number of carbonyl (C=O) groups excluding carboxylic acids is 1. The largest absolute Gasteiger partial charge is 0.461 e. The number of fused-ring (bicyclic) bond motifs is 5. The first-order valence-corrected chi connectivity index (χ1v) is 16.1. The van der Waals surface area contributed by atoms with E-state index in [1.54, 1.807) is 0 Å². The van der Waals surface area contributed by atoms with Crippen molar-refractivity contribution >= 4 is 5.97 Å². The van der Waals surface area contributed by atoms with E-state index in [9.17, 15) is 4.79 Å². The molecule has 4 unspecified atom stereocenters. The Bertz CT molecular complexity index is 1240. The van der Waals surface area contributed by atoms with Gasteiger partial charge < -0.3 is 16.2 Å². The van der Waals surface area contributed by atoms with Crippen molar-refractivity contribution in [3.05, 3.63) is 59.4 Å². The van der Waals surface area contributed by atoms with Gasteiger partial charge in [0.15, 0.2) is 0 Å². The molecule has 0 spiro atoms. The molecule has 2 aromatic rings. The molecule has 1 aromatic carbocycles. The summed E-state index contributed by atoms with van der Waals surface area (Å²) in [6.45, 7) is 6.47. The second kappa shape index (κ2) is 11.6. The lowest BCUT2D eigenvalue weighted by atomic mass is 9.47. The molecular weight excluding hydrogens is 510 g/mol. The Morgan fingerprint density at radius 1 is 1.10 bits per heavy atom. The highest BCUT2D eigenvalue weighted by molar-refractivity contribution is 5.75. The van der Waals surface area contributed by atoms with Crippen LogP contribution in [0.5, 0.6) is 0 Å². The first kappa shape index (κ1) is 28.6. The molecule has 0 bridgehead atoms. The number of nitrogens with zero attached hydrogens (tertiary/aromatic N) is 3. The maximum Gasteiger partial charge on any atom is 0.323 e. The van der Waals surface area contributed by atoms with Crippen LogP contribution in [0.15, 0.2) is 48.2 Å². The third-order valence-corrected chi connectivity index (χ3v) is 11.7. The molecule has 1 heterocycles. The third-order valence-electron chi connectivity index (χ3n) is 11.7. The van der Waals surface area contributed by atoms with Crippen LogP contribution in [-0.4, -0.2) is 39.7 Å². The summed E-state index contributed by atoms with van der Waals surface area (Å²) in [5.41, 5.74) is 16.2. The zero-order valence-electron chi connectivity index (χ0n) is 25.0. The number of unbranched alkanes of at least 4 members (excludes halogenated alkanes) is 1. The number of hydrogen-bond donors (Lipinski definition) is 2. The number of aromatic nitrogens is 3. The molecule has 8 atom stereocenters. The average Bonchev–Trinajstić information content (AvgIpc) is 3.57. The van der Waals surface area contributed by atoms with E-state index in [0.29, 0.717) is 24.8 Å². The fraction of sp³-hybridized carbons (Fsp3) is 0.676. The van der Waals surface area contributed by atoms with E-state index in [2.05, 4.69) is 61.7 Å². The molecule has 6 rings (SSSR count). The fourth-order valence-corrected chi connectivity index (χ4v) is 9.41. The number of hydrogen-bond acceptors (Lipinski definition) is 6. The molecule has 7 heteroatoms. The highest BCUT2D eigenvalue weighted by Crippen LogP contribution is 2.67. The molecule has 4 N–H and O–H groups in total. The maximum atomic E-state index is 12.7. The van der Waals surface area contributed by atoms with E-state index in [4.69, 9.17) is 21.3 Å². The molecule has 41 heavy (non-hydrogen) atoms. The van der Waals surface area contributed by atoms with Crippen LogP contribution < -0.4 is 11.5 Å². The van der Waals surface area contributed by atoms with E-state index < -0.39 is 6.04 Å². The molecule has 0 saturated heterocycles. The van der Waals surface area contributed by atoms with Gasteiger partial charge in [-0.1, -0.05) is 67.5 Å². The molecular formula is C34H49N5O2. The van der Waals surface area contributed by atoms with Gasteiger partial charge in [-0.2, -0.15) is 0 Å². The highest BCUT2D eigenvalue weighted by atomic mass is 16.5. The van der Waals surface area contributed by atoms with Crippen LogP contribution in [-0.2, 0) is 16.1 Å². The summed E-state index contributed by atoms with van der Waals surface area (Å²) in [6.07, 6.45) is 16.2. The van der Waals surface area contributed by atoms with Crippen LogP contribution >= 0.6 is 0 Å². The van der Waals surface area contributed by atoms with Crippen LogP contribution in [0.25, 0.3) is 0 Å². The van der Waals surface area contributed by atoms with E-state index >= 15 is 0 Å². The molecule has 4 aliphatic carbocycles. The van der Waals surface area contributed by atoms with Crippen molar-refractivity contribution in [3.63, 3.8) is 0 Å². The maximum absolute atomic E-state index is 12.7. The van der Waals surface area contributed by atoms with Gasteiger partial charge in [0.25, 0.3) is 0 Å². The lowest BCUT2D eigenvalue weighted by Crippen LogP contribution is -2.50. The quantitative estimate of drug-likeness (QED) is 0.230. The number of carbonyl (C=O) groups is 1. The summed E-state index contributed by atoms with van der Waals surface area (Å²) in [4.78, 5) is 12.7. The van der Waals surface area contributed by atoms with E-state index in [1.807, 2.05) is 4.68 Å². The van der Waals surface area contributed by atoms with Gasteiger partial charge in [0.1, 0.15) is 12.1 Å². The van der Waals surface area contributed by atoms with Crippen molar-refractivity contribution in [2.45, 2.75) is 109 Å². The van der Waals surface area contributed by atoms with E-state index in [-0.39, 0.29) is 22.9 Å². The van der Waals surface area contributed by atoms with Crippen molar-refractivity contribution in [1.29, 1.82) is 0 Å². The van der Waals surface area contributed by atoms with Gasteiger partial charge in [-0.3, -0.25) is 4.79 Å². The van der Waals surface area contributed by atoms with Crippen LogP contribution in [0.1, 0.15) is 102 Å². The first-order chi connectivity index (χ1) is 19.8. The molecule has 3 saturated carbocycles. The summed E-state index contributed by atoms with van der Waals surface area (Å²) in [6, 6.07) is 9.99. The molecule has 3 fully saturated rings. The van der Waals surface area contributed by atoms with Gasteiger partial charge >= 0.3 is 5.97 Å². The van der Waals surface area contributed by atoms with Gasteiger partial charge in [-0.05, 0) is 98.5 Å². The van der Waals surface area contributed by atoms with Crippen LogP contribution in [0, 0.1) is 28.6 Å². The first-order valence-electron chi connectivity index (χ1n) is 16.1. The average molecular weight is 560 g/mol. The Hall–Kier alpha value is -2.51. The van der Waals surface area contributed by atoms with Gasteiger partial charge in [0.05, 0.1) is 12.2 Å². The van der Waals surface area contributed by atoms with Crippen molar-refractivity contribution in [2.75, 3.05) is 6.54 Å². The number of benzene rings is 1. The van der Waals surface area contributed by atoms with Crippen molar-refractivity contribution in [1.82, 2.24) is 15.0 Å². The van der Waals surface area contributed by atoms with Crippen LogP contribution in [0.2, 0.25) is 0 Å². The number of nitrogens with two attached hydrogens (primary N) is 2. The van der Waals surface area contributed by atoms with E-state index in [1.165, 1.54) is 42.5 Å². The number of allylic oxidation sites excluding steroid dienone is 1. The summed E-state index contributed by atoms with van der Waals surface area (Å²) in [5.74, 6) is 2.41. The second-order valence-corrected chi connectivity index (χ2v) is 14.0. The predicted octanol–water partition coefficient (Wildman–Crippen LogP) is 5.74. The number of rotatable bonds is 9. The highest BCUT2D eigenvalue weighted by Gasteiger charge is 2.59. The Morgan fingerprint density at radius 3 is 2.73 bits per heavy atom. The van der Waals surface area contributed by atoms with Crippen LogP contribution in [0.4, 0.5) is 0 Å². The molecule has 7 nitrogen and oxygen atoms in total. The van der Waals surface area contributed by atoms with Crippen LogP contribution in [0.3, 0.4) is 0 Å². The molecule has 0 amide bonds. The minimum atomic E-state index is -0.536. The van der Waals surface area contributed by atoms with Gasteiger partial charge in [-0.15, -0.1) is 5.10 Å². The minimum absolute atomic E-state index is 0.0397. The van der Waals surface area contributed by atoms with Crippen molar-refractivity contribution < 1.29 is 9.53 Å². The Kier molecular flexibility index (Phi) is 8.12. The predicted molar refractivity (Wildman–Crippen MR) is 161 cm³/mol. The van der Waals surface area contributed by atoms with Gasteiger partial charge in [0, 0.05) is 18.5 Å². The SMILES string of the molecule is C[C@]12CC[C@H](OC(=O)C(N)CCCCN)CC1=CCC1C2CC[C@@]2(C)C1CC[C@@H]2c1cn(Cc2ccccc2)nn1.